The second kappa shape index (κ2) is 8.75. The molecule has 1 N–H and O–H groups in total. The molecule has 0 aliphatic heterocycles. The monoisotopic (exact) mass is 334 g/mol. The number of ether oxygens (including phenoxy) is 3. The highest BCUT2D eigenvalue weighted by molar-refractivity contribution is 5.39. The van der Waals surface area contributed by atoms with Crippen LogP contribution >= 0.6 is 0 Å². The minimum atomic E-state index is -2.89. The quantitative estimate of drug-likeness (QED) is 0.752. The van der Waals surface area contributed by atoms with Crippen molar-refractivity contribution in [3.05, 3.63) is 54.1 Å². The van der Waals surface area contributed by atoms with Gasteiger partial charge >= 0.3 is 6.61 Å². The highest BCUT2D eigenvalue weighted by Gasteiger charge is 2.12. The number of aliphatic hydroxyl groups excluding tert-OH is 1. The molecule has 0 aliphatic rings. The molecule has 2 aromatic carbocycles. The van der Waals surface area contributed by atoms with E-state index in [0.717, 1.165) is 0 Å². The fourth-order valence-corrected chi connectivity index (χ4v) is 1.94. The first-order chi connectivity index (χ1) is 11.6. The Morgan fingerprint density at radius 3 is 2.21 bits per heavy atom. The molecule has 0 amide bonds. The molecule has 0 radical (unpaired) electrons. The van der Waals surface area contributed by atoms with Crippen LogP contribution in [-0.2, 0) is 0 Å². The van der Waals surface area contributed by atoms with Crippen LogP contribution in [0, 0.1) is 12.3 Å². The third-order valence-corrected chi connectivity index (χ3v) is 3.05. The summed E-state index contributed by atoms with van der Waals surface area (Å²) in [6.45, 7) is -2.82. The van der Waals surface area contributed by atoms with Crippen LogP contribution in [-0.4, -0.2) is 24.9 Å². The third kappa shape index (κ3) is 5.14. The lowest BCUT2D eigenvalue weighted by Gasteiger charge is -2.15. The second-order valence-electron chi connectivity index (χ2n) is 4.71. The molecule has 6 heteroatoms. The normalized spacial score (nSPS) is 11.6. The van der Waals surface area contributed by atoms with Crippen LogP contribution in [0.1, 0.15) is 11.7 Å². The van der Waals surface area contributed by atoms with Gasteiger partial charge in [-0.2, -0.15) is 8.78 Å². The number of hydrogen-bond donors (Lipinski definition) is 1. The Labute approximate surface area is 138 Å². The van der Waals surface area contributed by atoms with E-state index in [9.17, 15) is 13.9 Å². The smallest absolute Gasteiger partial charge is 0.387 e. The fourth-order valence-electron chi connectivity index (χ4n) is 1.94. The molecule has 0 heterocycles. The Balaban J connectivity index is 1.95. The van der Waals surface area contributed by atoms with Crippen molar-refractivity contribution in [2.24, 2.45) is 0 Å². The van der Waals surface area contributed by atoms with Crippen molar-refractivity contribution in [2.75, 3.05) is 13.2 Å². The number of alkyl halides is 2. The van der Waals surface area contributed by atoms with Crippen molar-refractivity contribution in [3.8, 4) is 29.6 Å². The Hall–Kier alpha value is -2.78. The zero-order valence-electron chi connectivity index (χ0n) is 12.7. The van der Waals surface area contributed by atoms with Crippen LogP contribution < -0.4 is 14.2 Å². The maximum Gasteiger partial charge on any atom is 0.387 e. The van der Waals surface area contributed by atoms with Gasteiger partial charge in [0.2, 0.25) is 0 Å². The summed E-state index contributed by atoms with van der Waals surface area (Å²) in [7, 11) is 0. The molecule has 2 aromatic rings. The van der Waals surface area contributed by atoms with Gasteiger partial charge in [-0.3, -0.25) is 0 Å². The number of para-hydroxylation sites is 2. The van der Waals surface area contributed by atoms with Crippen molar-refractivity contribution in [3.63, 3.8) is 0 Å². The first-order valence-electron chi connectivity index (χ1n) is 7.11. The number of aliphatic hydroxyl groups is 1. The van der Waals surface area contributed by atoms with Gasteiger partial charge in [-0.05, 0) is 29.8 Å². The number of terminal acetylenes is 1. The fraction of sp³-hybridized carbons (Fsp3) is 0.222. The van der Waals surface area contributed by atoms with Crippen LogP contribution in [0.5, 0.6) is 17.2 Å². The SMILES string of the molecule is C#CCOc1ccccc1OCC(O)c1ccc(OC(F)F)cc1. The molecule has 0 aromatic heterocycles. The highest BCUT2D eigenvalue weighted by atomic mass is 19.3. The molecule has 24 heavy (non-hydrogen) atoms. The van der Waals surface area contributed by atoms with E-state index in [4.69, 9.17) is 15.9 Å². The molecule has 2 rings (SSSR count). The molecular weight excluding hydrogens is 318 g/mol. The molecule has 0 bridgehead atoms. The lowest BCUT2D eigenvalue weighted by Crippen LogP contribution is -2.10. The molecule has 126 valence electrons. The number of hydrogen-bond acceptors (Lipinski definition) is 4. The van der Waals surface area contributed by atoms with E-state index in [0.29, 0.717) is 17.1 Å². The molecule has 4 nitrogen and oxygen atoms in total. The van der Waals surface area contributed by atoms with Crippen molar-refractivity contribution >= 4 is 0 Å². The van der Waals surface area contributed by atoms with Gasteiger partial charge in [-0.15, -0.1) is 6.42 Å². The predicted octanol–water partition coefficient (Wildman–Crippen LogP) is 3.41. The molecule has 1 atom stereocenters. The van der Waals surface area contributed by atoms with Gasteiger partial charge in [0.05, 0.1) is 0 Å². The van der Waals surface area contributed by atoms with Crippen molar-refractivity contribution < 1.29 is 28.1 Å². The molecule has 0 saturated heterocycles. The van der Waals surface area contributed by atoms with Crippen LogP contribution in [0.25, 0.3) is 0 Å². The summed E-state index contributed by atoms with van der Waals surface area (Å²) < 4.78 is 39.3. The van der Waals surface area contributed by atoms with Crippen molar-refractivity contribution in [1.82, 2.24) is 0 Å². The molecule has 0 spiro atoms. The Morgan fingerprint density at radius 2 is 1.62 bits per heavy atom. The van der Waals surface area contributed by atoms with E-state index in [1.807, 2.05) is 0 Å². The molecule has 1 unspecified atom stereocenters. The van der Waals surface area contributed by atoms with Gasteiger partial charge in [-0.25, -0.2) is 0 Å². The average Bonchev–Trinajstić information content (AvgIpc) is 2.58. The molecule has 0 aliphatic carbocycles. The second-order valence-corrected chi connectivity index (χ2v) is 4.71. The van der Waals surface area contributed by atoms with E-state index in [-0.39, 0.29) is 19.0 Å². The van der Waals surface area contributed by atoms with Crippen LogP contribution in [0.4, 0.5) is 8.78 Å². The van der Waals surface area contributed by atoms with Crippen molar-refractivity contribution in [1.29, 1.82) is 0 Å². The zero-order valence-corrected chi connectivity index (χ0v) is 12.7. The van der Waals surface area contributed by atoms with Gasteiger partial charge in [0, 0.05) is 0 Å². The summed E-state index contributed by atoms with van der Waals surface area (Å²) in [6.07, 6.45) is 4.22. The van der Waals surface area contributed by atoms with E-state index in [2.05, 4.69) is 10.7 Å². The maximum absolute atomic E-state index is 12.1. The largest absolute Gasteiger partial charge is 0.487 e. The number of halogens is 2. The van der Waals surface area contributed by atoms with E-state index in [1.165, 1.54) is 24.3 Å². The van der Waals surface area contributed by atoms with E-state index in [1.54, 1.807) is 24.3 Å². The van der Waals surface area contributed by atoms with Gasteiger partial charge < -0.3 is 19.3 Å². The van der Waals surface area contributed by atoms with Gasteiger partial charge in [0.15, 0.2) is 11.5 Å². The van der Waals surface area contributed by atoms with Crippen LogP contribution in [0.2, 0.25) is 0 Å². The Bertz CT molecular complexity index is 680. The molecular formula is C18H16F2O4. The van der Waals surface area contributed by atoms with Gasteiger partial charge in [0.25, 0.3) is 0 Å². The molecule has 0 saturated carbocycles. The summed E-state index contributed by atoms with van der Waals surface area (Å²) in [5.41, 5.74) is 0.513. The number of benzene rings is 2. The summed E-state index contributed by atoms with van der Waals surface area (Å²) in [5, 5.41) is 10.1. The lowest BCUT2D eigenvalue weighted by molar-refractivity contribution is -0.0498. The van der Waals surface area contributed by atoms with E-state index < -0.39 is 12.7 Å². The zero-order chi connectivity index (χ0) is 17.4. The summed E-state index contributed by atoms with van der Waals surface area (Å²) in [6, 6.07) is 12.6. The maximum atomic E-state index is 12.1. The van der Waals surface area contributed by atoms with Gasteiger partial charge in [0.1, 0.15) is 25.1 Å². The van der Waals surface area contributed by atoms with Crippen LogP contribution in [0.15, 0.2) is 48.5 Å². The van der Waals surface area contributed by atoms with E-state index >= 15 is 0 Å². The topological polar surface area (TPSA) is 47.9 Å². The molecule has 0 fully saturated rings. The first kappa shape index (κ1) is 17.6. The minimum Gasteiger partial charge on any atom is -0.487 e. The summed E-state index contributed by atoms with van der Waals surface area (Å²) in [4.78, 5) is 0. The minimum absolute atomic E-state index is 0.0231. The van der Waals surface area contributed by atoms with Crippen molar-refractivity contribution in [2.45, 2.75) is 12.7 Å². The predicted molar refractivity (Wildman–Crippen MR) is 84.3 cm³/mol. The number of rotatable bonds is 8. The Kier molecular flexibility index (Phi) is 6.41. The summed E-state index contributed by atoms with van der Waals surface area (Å²) in [5.74, 6) is 3.31. The van der Waals surface area contributed by atoms with Crippen LogP contribution in [0.3, 0.4) is 0 Å². The van der Waals surface area contributed by atoms with Gasteiger partial charge in [-0.1, -0.05) is 30.2 Å². The third-order valence-electron chi connectivity index (χ3n) is 3.05. The lowest BCUT2D eigenvalue weighted by atomic mass is 10.1. The standard InChI is InChI=1S/C18H16F2O4/c1-2-11-22-16-5-3-4-6-17(16)23-12-15(21)13-7-9-14(10-8-13)24-18(19)20/h1,3-10,15,18,21H,11-12H2. The highest BCUT2D eigenvalue weighted by Crippen LogP contribution is 2.28. The first-order valence-corrected chi connectivity index (χ1v) is 7.11. The summed E-state index contributed by atoms with van der Waals surface area (Å²) >= 11 is 0. The average molecular weight is 334 g/mol. The Morgan fingerprint density at radius 1 is 1.00 bits per heavy atom.